The van der Waals surface area contributed by atoms with Gasteiger partial charge in [0.05, 0.1) is 5.56 Å². The van der Waals surface area contributed by atoms with Gasteiger partial charge in [0.15, 0.2) is 0 Å². The summed E-state index contributed by atoms with van der Waals surface area (Å²) in [7, 11) is 0. The topological polar surface area (TPSA) is 15.3 Å². The average molecular weight is 328 g/mol. The number of hydrogen-bond donors (Lipinski definition) is 1. The molecule has 0 aliphatic carbocycles. The maximum Gasteiger partial charge on any atom is 0.416 e. The molecule has 0 radical (unpaired) electrons. The van der Waals surface area contributed by atoms with Gasteiger partial charge >= 0.3 is 6.18 Å². The van der Waals surface area contributed by atoms with E-state index in [1.165, 1.54) is 12.1 Å². The number of nitrogens with zero attached hydrogens (tertiary/aromatic N) is 1. The number of rotatable bonds is 4. The monoisotopic (exact) mass is 328 g/mol. The average Bonchev–Trinajstić information content (AvgIpc) is 2.47. The molecule has 23 heavy (non-hydrogen) atoms. The summed E-state index contributed by atoms with van der Waals surface area (Å²) >= 11 is 0. The lowest BCUT2D eigenvalue weighted by atomic mass is 9.90. The van der Waals surface area contributed by atoms with Gasteiger partial charge in [0, 0.05) is 31.2 Å². The minimum absolute atomic E-state index is 0.145. The first-order valence-corrected chi connectivity index (χ1v) is 8.40. The molecule has 1 N–H and O–H groups in total. The Morgan fingerprint density at radius 2 is 1.83 bits per heavy atom. The molecule has 1 aliphatic heterocycles. The Kier molecular flexibility index (Phi) is 5.74. The van der Waals surface area contributed by atoms with Crippen molar-refractivity contribution in [3.05, 3.63) is 35.4 Å². The number of halogens is 3. The van der Waals surface area contributed by atoms with E-state index >= 15 is 0 Å². The van der Waals surface area contributed by atoms with E-state index in [-0.39, 0.29) is 6.04 Å². The molecule has 3 atom stereocenters. The Hall–Kier alpha value is -1.07. The van der Waals surface area contributed by atoms with Crippen LogP contribution in [0.5, 0.6) is 0 Å². The number of alkyl halides is 3. The highest BCUT2D eigenvalue weighted by Gasteiger charge is 2.34. The van der Waals surface area contributed by atoms with Gasteiger partial charge in [0.25, 0.3) is 0 Å². The van der Waals surface area contributed by atoms with E-state index in [0.29, 0.717) is 18.0 Å². The van der Waals surface area contributed by atoms with Crippen molar-refractivity contribution >= 4 is 0 Å². The van der Waals surface area contributed by atoms with E-state index in [0.717, 1.165) is 25.1 Å². The van der Waals surface area contributed by atoms with Crippen molar-refractivity contribution in [1.82, 2.24) is 10.2 Å². The van der Waals surface area contributed by atoms with Gasteiger partial charge in [-0.3, -0.25) is 4.90 Å². The van der Waals surface area contributed by atoms with Gasteiger partial charge < -0.3 is 5.32 Å². The lowest BCUT2D eigenvalue weighted by Gasteiger charge is -2.45. The van der Waals surface area contributed by atoms with E-state index in [1.54, 1.807) is 12.1 Å². The Labute approximate surface area is 137 Å². The molecule has 1 aromatic rings. The van der Waals surface area contributed by atoms with Gasteiger partial charge in [-0.25, -0.2) is 0 Å². The van der Waals surface area contributed by atoms with Crippen molar-refractivity contribution in [3.8, 4) is 0 Å². The lowest BCUT2D eigenvalue weighted by molar-refractivity contribution is -0.137. The molecule has 0 amide bonds. The van der Waals surface area contributed by atoms with Crippen LogP contribution < -0.4 is 5.32 Å². The largest absolute Gasteiger partial charge is 0.416 e. The van der Waals surface area contributed by atoms with E-state index < -0.39 is 11.7 Å². The second-order valence-electron chi connectivity index (χ2n) is 6.88. The van der Waals surface area contributed by atoms with Gasteiger partial charge in [0.1, 0.15) is 0 Å². The van der Waals surface area contributed by atoms with Crippen molar-refractivity contribution in [2.45, 2.75) is 58.4 Å². The third-order valence-electron chi connectivity index (χ3n) is 4.70. The number of piperazine rings is 1. The second kappa shape index (κ2) is 7.22. The van der Waals surface area contributed by atoms with Crippen LogP contribution in [-0.2, 0) is 6.18 Å². The van der Waals surface area contributed by atoms with E-state index in [9.17, 15) is 13.2 Å². The molecule has 1 unspecified atom stereocenters. The van der Waals surface area contributed by atoms with E-state index in [2.05, 4.69) is 37.9 Å². The van der Waals surface area contributed by atoms with Crippen LogP contribution in [0.15, 0.2) is 24.3 Å². The quantitative estimate of drug-likeness (QED) is 0.877. The van der Waals surface area contributed by atoms with Gasteiger partial charge in [0.2, 0.25) is 0 Å². The minimum atomic E-state index is -4.28. The van der Waals surface area contributed by atoms with Crippen molar-refractivity contribution in [2.24, 2.45) is 5.92 Å². The molecular weight excluding hydrogens is 301 g/mol. The Bertz CT molecular complexity index is 496. The zero-order valence-electron chi connectivity index (χ0n) is 14.3. The number of benzene rings is 1. The van der Waals surface area contributed by atoms with Crippen molar-refractivity contribution in [2.75, 3.05) is 13.1 Å². The summed E-state index contributed by atoms with van der Waals surface area (Å²) in [6.45, 7) is 10.5. The van der Waals surface area contributed by atoms with Crippen molar-refractivity contribution in [3.63, 3.8) is 0 Å². The summed E-state index contributed by atoms with van der Waals surface area (Å²) in [5.74, 6) is 0.339. The molecule has 2 rings (SSSR count). The third-order valence-corrected chi connectivity index (χ3v) is 4.70. The molecule has 0 spiro atoms. The predicted octanol–water partition coefficient (Wildman–Crippen LogP) is 4.47. The number of nitrogens with one attached hydrogen (secondary N) is 1. The molecule has 5 heteroatoms. The van der Waals surface area contributed by atoms with Crippen molar-refractivity contribution in [1.29, 1.82) is 0 Å². The third kappa shape index (κ3) is 4.27. The summed E-state index contributed by atoms with van der Waals surface area (Å²) in [6, 6.07) is 6.66. The molecule has 130 valence electrons. The van der Waals surface area contributed by atoms with Crippen LogP contribution in [0.1, 0.15) is 51.3 Å². The predicted molar refractivity (Wildman–Crippen MR) is 87.3 cm³/mol. The first-order chi connectivity index (χ1) is 10.7. The van der Waals surface area contributed by atoms with Crippen LogP contribution >= 0.6 is 0 Å². The molecule has 1 heterocycles. The molecule has 0 aromatic heterocycles. The first-order valence-electron chi connectivity index (χ1n) is 8.40. The Balaban J connectivity index is 2.30. The van der Waals surface area contributed by atoms with E-state index in [4.69, 9.17) is 0 Å². The van der Waals surface area contributed by atoms with Crippen LogP contribution in [0, 0.1) is 5.92 Å². The fourth-order valence-electron chi connectivity index (χ4n) is 3.53. The molecule has 1 aromatic carbocycles. The minimum Gasteiger partial charge on any atom is -0.311 e. The van der Waals surface area contributed by atoms with Gasteiger partial charge in [-0.05, 0) is 37.0 Å². The highest BCUT2D eigenvalue weighted by atomic mass is 19.4. The zero-order chi connectivity index (χ0) is 17.2. The lowest BCUT2D eigenvalue weighted by Crippen LogP contribution is -2.56. The highest BCUT2D eigenvalue weighted by Crippen LogP contribution is 2.35. The molecule has 2 nitrogen and oxygen atoms in total. The smallest absolute Gasteiger partial charge is 0.311 e. The highest BCUT2D eigenvalue weighted by molar-refractivity contribution is 5.27. The number of hydrogen-bond acceptors (Lipinski definition) is 2. The zero-order valence-corrected chi connectivity index (χ0v) is 14.3. The summed E-state index contributed by atoms with van der Waals surface area (Å²) in [5, 5.41) is 3.50. The fourth-order valence-corrected chi connectivity index (χ4v) is 3.53. The fraction of sp³-hybridized carbons (Fsp3) is 0.667. The van der Waals surface area contributed by atoms with Gasteiger partial charge in [-0.15, -0.1) is 0 Å². The van der Waals surface area contributed by atoms with Gasteiger partial charge in [-0.2, -0.15) is 13.2 Å². The molecule has 1 aliphatic rings. The van der Waals surface area contributed by atoms with Crippen LogP contribution in [0.2, 0.25) is 0 Å². The van der Waals surface area contributed by atoms with Crippen LogP contribution in [-0.4, -0.2) is 30.1 Å². The standard InChI is InChI=1S/C18H27F3N2/c1-5-16-10-22-13(4)11-23(16)17(12(2)3)14-6-8-15(9-7-14)18(19,20)21/h6-9,12-13,16-17,22H,5,10-11H2,1-4H3/t13-,16+,17?/m0/s1. The van der Waals surface area contributed by atoms with Crippen LogP contribution in [0.3, 0.4) is 0 Å². The molecule has 0 bridgehead atoms. The summed E-state index contributed by atoms with van der Waals surface area (Å²) in [6.07, 6.45) is -3.25. The first kappa shape index (κ1) is 18.3. The second-order valence-corrected chi connectivity index (χ2v) is 6.88. The van der Waals surface area contributed by atoms with E-state index in [1.807, 2.05) is 0 Å². The summed E-state index contributed by atoms with van der Waals surface area (Å²) in [4.78, 5) is 2.47. The van der Waals surface area contributed by atoms with Gasteiger partial charge in [-0.1, -0.05) is 32.9 Å². The molecular formula is C18H27F3N2. The summed E-state index contributed by atoms with van der Waals surface area (Å²) < 4.78 is 38.3. The Morgan fingerprint density at radius 1 is 1.22 bits per heavy atom. The Morgan fingerprint density at radius 3 is 2.30 bits per heavy atom. The van der Waals surface area contributed by atoms with Crippen molar-refractivity contribution < 1.29 is 13.2 Å². The molecule has 1 saturated heterocycles. The van der Waals surface area contributed by atoms with Crippen LogP contribution in [0.25, 0.3) is 0 Å². The normalized spacial score (nSPS) is 24.9. The SMILES string of the molecule is CC[C@@H]1CN[C@@H](C)CN1C(c1ccc(C(F)(F)F)cc1)C(C)C. The van der Waals surface area contributed by atoms with Crippen LogP contribution in [0.4, 0.5) is 13.2 Å². The maximum absolute atomic E-state index is 12.8. The maximum atomic E-state index is 12.8. The molecule has 1 fully saturated rings. The molecule has 0 saturated carbocycles. The summed E-state index contributed by atoms with van der Waals surface area (Å²) in [5.41, 5.74) is 0.394.